The predicted molar refractivity (Wildman–Crippen MR) is 89.1 cm³/mol. The van der Waals surface area contributed by atoms with Crippen molar-refractivity contribution in [1.82, 2.24) is 5.43 Å². The predicted octanol–water partition coefficient (Wildman–Crippen LogP) is 4.54. The van der Waals surface area contributed by atoms with Crippen LogP contribution in [0.4, 0.5) is 13.2 Å². The lowest BCUT2D eigenvalue weighted by molar-refractivity contribution is -0.137. The molecule has 1 N–H and O–H groups in total. The van der Waals surface area contributed by atoms with Crippen LogP contribution in [0.2, 0.25) is 10.0 Å². The fourth-order valence-electron chi connectivity index (χ4n) is 1.74. The van der Waals surface area contributed by atoms with Gasteiger partial charge in [-0.15, -0.1) is 0 Å². The summed E-state index contributed by atoms with van der Waals surface area (Å²) in [4.78, 5) is 11.6. The van der Waals surface area contributed by atoms with Gasteiger partial charge in [0.15, 0.2) is 6.61 Å². The summed E-state index contributed by atoms with van der Waals surface area (Å²) in [7, 11) is 0. The van der Waals surface area contributed by atoms with Crippen LogP contribution in [0.1, 0.15) is 11.1 Å². The summed E-state index contributed by atoms with van der Waals surface area (Å²) in [5, 5.41) is 4.25. The average molecular weight is 391 g/mol. The molecule has 2 aromatic rings. The Bertz CT molecular complexity index is 795. The molecule has 2 rings (SSSR count). The number of benzene rings is 2. The van der Waals surface area contributed by atoms with Gasteiger partial charge >= 0.3 is 6.18 Å². The van der Waals surface area contributed by atoms with Gasteiger partial charge in [0.05, 0.1) is 16.8 Å². The molecule has 0 fully saturated rings. The van der Waals surface area contributed by atoms with Gasteiger partial charge in [0.2, 0.25) is 0 Å². The van der Waals surface area contributed by atoms with Crippen LogP contribution in [0.15, 0.2) is 47.6 Å². The van der Waals surface area contributed by atoms with E-state index >= 15 is 0 Å². The highest BCUT2D eigenvalue weighted by Gasteiger charge is 2.30. The molecule has 132 valence electrons. The Morgan fingerprint density at radius 3 is 2.64 bits per heavy atom. The van der Waals surface area contributed by atoms with Crippen LogP contribution < -0.4 is 10.2 Å². The van der Waals surface area contributed by atoms with Crippen LogP contribution in [-0.4, -0.2) is 18.7 Å². The van der Waals surface area contributed by atoms with Crippen molar-refractivity contribution in [2.75, 3.05) is 6.61 Å². The Hall–Kier alpha value is -2.25. The maximum atomic E-state index is 12.6. The third-order valence-corrected chi connectivity index (χ3v) is 3.40. The molecular weight excluding hydrogens is 380 g/mol. The van der Waals surface area contributed by atoms with Gasteiger partial charge in [-0.1, -0.05) is 35.3 Å². The zero-order chi connectivity index (χ0) is 18.4. The number of amides is 1. The smallest absolute Gasteiger partial charge is 0.416 e. The molecule has 0 saturated carbocycles. The molecule has 0 aliphatic rings. The second kappa shape index (κ2) is 8.22. The van der Waals surface area contributed by atoms with Gasteiger partial charge in [-0.2, -0.15) is 18.3 Å². The number of hydrogen-bond acceptors (Lipinski definition) is 3. The van der Waals surface area contributed by atoms with Crippen molar-refractivity contribution >= 4 is 35.3 Å². The van der Waals surface area contributed by atoms with E-state index in [0.29, 0.717) is 5.02 Å². The fraction of sp³-hybridized carbons (Fsp3) is 0.125. The maximum Gasteiger partial charge on any atom is 0.416 e. The Morgan fingerprint density at radius 2 is 1.96 bits per heavy atom. The van der Waals surface area contributed by atoms with Crippen molar-refractivity contribution in [2.24, 2.45) is 5.10 Å². The molecule has 9 heteroatoms. The van der Waals surface area contributed by atoms with Gasteiger partial charge in [0.25, 0.3) is 5.91 Å². The molecule has 0 aliphatic carbocycles. The molecule has 0 aromatic heterocycles. The van der Waals surface area contributed by atoms with E-state index in [-0.39, 0.29) is 22.9 Å². The number of ether oxygens (including phenoxy) is 1. The summed E-state index contributed by atoms with van der Waals surface area (Å²) >= 11 is 11.6. The Kier molecular flexibility index (Phi) is 6.27. The van der Waals surface area contributed by atoms with Gasteiger partial charge in [-0.05, 0) is 35.9 Å². The number of nitrogens with one attached hydrogen (secondary N) is 1. The molecule has 4 nitrogen and oxygen atoms in total. The number of carbonyl (C=O) groups is 1. The first-order chi connectivity index (χ1) is 11.8. The molecular formula is C16H11Cl2F3N2O2. The molecule has 0 spiro atoms. The number of hydrazone groups is 1. The van der Waals surface area contributed by atoms with Gasteiger partial charge in [0, 0.05) is 5.02 Å². The molecule has 0 heterocycles. The van der Waals surface area contributed by atoms with Crippen molar-refractivity contribution in [2.45, 2.75) is 6.18 Å². The molecule has 1 amide bonds. The van der Waals surface area contributed by atoms with Crippen molar-refractivity contribution in [3.8, 4) is 5.75 Å². The normalized spacial score (nSPS) is 11.6. The molecule has 25 heavy (non-hydrogen) atoms. The van der Waals surface area contributed by atoms with Gasteiger partial charge in [-0.25, -0.2) is 5.43 Å². The van der Waals surface area contributed by atoms with Gasteiger partial charge in [0.1, 0.15) is 5.75 Å². The molecule has 0 unspecified atom stereocenters. The van der Waals surface area contributed by atoms with E-state index in [4.69, 9.17) is 27.9 Å². The van der Waals surface area contributed by atoms with Crippen LogP contribution in [-0.2, 0) is 11.0 Å². The number of alkyl halides is 3. The minimum atomic E-state index is -4.45. The fourth-order valence-corrected chi connectivity index (χ4v) is 2.20. The first kappa shape index (κ1) is 19.1. The van der Waals surface area contributed by atoms with E-state index < -0.39 is 17.6 Å². The molecule has 0 atom stereocenters. The number of hydrogen-bond donors (Lipinski definition) is 1. The molecule has 0 bridgehead atoms. The average Bonchev–Trinajstić information content (AvgIpc) is 2.53. The van der Waals surface area contributed by atoms with E-state index in [1.54, 1.807) is 6.07 Å². The standard InChI is InChI=1S/C16H11Cl2F3N2O2/c17-12-4-5-14(13(18)7-12)25-9-15(24)23-22-8-10-2-1-3-11(6-10)16(19,20)21/h1-8H,9H2,(H,23,24). The molecule has 0 aliphatic heterocycles. The van der Waals surface area contributed by atoms with Gasteiger partial charge in [-0.3, -0.25) is 4.79 Å². The second-order valence-corrected chi connectivity index (χ2v) is 5.62. The molecule has 2 aromatic carbocycles. The highest BCUT2D eigenvalue weighted by atomic mass is 35.5. The Labute approximate surface area is 151 Å². The number of nitrogens with zero attached hydrogens (tertiary/aromatic N) is 1. The van der Waals surface area contributed by atoms with Crippen LogP contribution in [0.5, 0.6) is 5.75 Å². The van der Waals surface area contributed by atoms with Crippen molar-refractivity contribution in [1.29, 1.82) is 0 Å². The zero-order valence-corrected chi connectivity index (χ0v) is 14.0. The highest BCUT2D eigenvalue weighted by molar-refractivity contribution is 6.35. The first-order valence-electron chi connectivity index (χ1n) is 6.83. The molecule has 0 saturated heterocycles. The lowest BCUT2D eigenvalue weighted by atomic mass is 10.1. The summed E-state index contributed by atoms with van der Waals surface area (Å²) in [6, 6.07) is 9.05. The van der Waals surface area contributed by atoms with Crippen molar-refractivity contribution in [3.05, 3.63) is 63.6 Å². The van der Waals surface area contributed by atoms with E-state index in [1.165, 1.54) is 24.3 Å². The zero-order valence-electron chi connectivity index (χ0n) is 12.5. The highest BCUT2D eigenvalue weighted by Crippen LogP contribution is 2.29. The quantitative estimate of drug-likeness (QED) is 0.601. The van der Waals surface area contributed by atoms with Crippen LogP contribution in [0.3, 0.4) is 0 Å². The van der Waals surface area contributed by atoms with Gasteiger partial charge < -0.3 is 4.74 Å². The van der Waals surface area contributed by atoms with Crippen LogP contribution in [0, 0.1) is 0 Å². The summed E-state index contributed by atoms with van der Waals surface area (Å²) in [6.07, 6.45) is -3.35. The minimum Gasteiger partial charge on any atom is -0.482 e. The Morgan fingerprint density at radius 1 is 1.20 bits per heavy atom. The third kappa shape index (κ3) is 5.95. The number of carbonyl (C=O) groups excluding carboxylic acids is 1. The van der Waals surface area contributed by atoms with E-state index in [2.05, 4.69) is 10.5 Å². The van der Waals surface area contributed by atoms with E-state index in [9.17, 15) is 18.0 Å². The second-order valence-electron chi connectivity index (χ2n) is 4.78. The molecule has 0 radical (unpaired) electrons. The lowest BCUT2D eigenvalue weighted by Crippen LogP contribution is -2.24. The van der Waals surface area contributed by atoms with E-state index in [0.717, 1.165) is 18.3 Å². The number of halogens is 5. The largest absolute Gasteiger partial charge is 0.482 e. The van der Waals surface area contributed by atoms with E-state index in [1.807, 2.05) is 0 Å². The summed E-state index contributed by atoms with van der Waals surface area (Å²) in [5.74, 6) is -0.336. The van der Waals surface area contributed by atoms with Crippen LogP contribution >= 0.6 is 23.2 Å². The number of rotatable bonds is 5. The maximum absolute atomic E-state index is 12.6. The minimum absolute atomic E-state index is 0.191. The summed E-state index contributed by atoms with van der Waals surface area (Å²) < 4.78 is 43.0. The Balaban J connectivity index is 1.88. The lowest BCUT2D eigenvalue weighted by Gasteiger charge is -2.07. The summed E-state index contributed by atoms with van der Waals surface area (Å²) in [6.45, 7) is -0.374. The van der Waals surface area contributed by atoms with Crippen LogP contribution in [0.25, 0.3) is 0 Å². The SMILES string of the molecule is O=C(COc1ccc(Cl)cc1Cl)NN=Cc1cccc(C(F)(F)F)c1. The van der Waals surface area contributed by atoms with Crippen molar-refractivity contribution in [3.63, 3.8) is 0 Å². The topological polar surface area (TPSA) is 50.7 Å². The summed E-state index contributed by atoms with van der Waals surface area (Å²) in [5.41, 5.74) is 1.53. The first-order valence-corrected chi connectivity index (χ1v) is 7.58. The third-order valence-electron chi connectivity index (χ3n) is 2.87. The monoisotopic (exact) mass is 390 g/mol. The van der Waals surface area contributed by atoms with Crippen molar-refractivity contribution < 1.29 is 22.7 Å².